The number of aromatic amines is 1. The van der Waals surface area contributed by atoms with E-state index in [1.807, 2.05) is 11.0 Å². The summed E-state index contributed by atoms with van der Waals surface area (Å²) in [6.45, 7) is 11.2. The van der Waals surface area contributed by atoms with Crippen molar-refractivity contribution < 1.29 is 4.79 Å². The van der Waals surface area contributed by atoms with Crippen molar-refractivity contribution in [2.45, 2.75) is 45.6 Å². The van der Waals surface area contributed by atoms with Gasteiger partial charge in [-0.15, -0.1) is 0 Å². The van der Waals surface area contributed by atoms with Crippen molar-refractivity contribution in [3.63, 3.8) is 0 Å². The van der Waals surface area contributed by atoms with Gasteiger partial charge < -0.3 is 9.88 Å². The summed E-state index contributed by atoms with van der Waals surface area (Å²) in [5.74, 6) is 0.718. The number of piperidine rings is 1. The Kier molecular flexibility index (Phi) is 7.41. The van der Waals surface area contributed by atoms with Gasteiger partial charge in [0.05, 0.1) is 6.07 Å². The maximum Gasteiger partial charge on any atom is 0.270 e. The largest absolute Gasteiger partial charge is 0.350 e. The molecule has 188 valence electrons. The first-order chi connectivity index (χ1) is 17.5. The Bertz CT molecular complexity index is 1240. The molecule has 0 atom stereocenters. The molecule has 0 aliphatic carbocycles. The number of nitriles is 1. The van der Waals surface area contributed by atoms with Gasteiger partial charge in [0.25, 0.3) is 5.91 Å². The molecule has 1 aromatic heterocycles. The highest BCUT2D eigenvalue weighted by atomic mass is 16.2. The number of carbonyl (C=O) groups is 1. The van der Waals surface area contributed by atoms with Crippen molar-refractivity contribution in [3.8, 4) is 6.07 Å². The average Bonchev–Trinajstić information content (AvgIpc) is 3.26. The molecule has 36 heavy (non-hydrogen) atoms. The first-order valence-corrected chi connectivity index (χ1v) is 13.3. The second-order valence-electron chi connectivity index (χ2n) is 10.4. The SMILES string of the molecule is Cc1cccc(C)c1C1CCN(Cc2c(C(=O)N3CCN(CCC#N)CC3)[nH]c3ccccc23)CC1. The van der Waals surface area contributed by atoms with Crippen molar-refractivity contribution in [1.82, 2.24) is 19.7 Å². The fourth-order valence-corrected chi connectivity index (χ4v) is 6.16. The summed E-state index contributed by atoms with van der Waals surface area (Å²) in [6.07, 6.45) is 2.85. The number of aryl methyl sites for hydroxylation is 2. The van der Waals surface area contributed by atoms with Crippen LogP contribution < -0.4 is 0 Å². The molecule has 5 rings (SSSR count). The van der Waals surface area contributed by atoms with E-state index in [2.05, 4.69) is 71.1 Å². The summed E-state index contributed by atoms with van der Waals surface area (Å²) in [5, 5.41) is 10.0. The first kappa shape index (κ1) is 24.5. The lowest BCUT2D eigenvalue weighted by atomic mass is 9.84. The number of para-hydroxylation sites is 1. The van der Waals surface area contributed by atoms with Gasteiger partial charge in [-0.2, -0.15) is 5.26 Å². The molecule has 3 aromatic rings. The molecule has 2 fully saturated rings. The Morgan fingerprint density at radius 2 is 1.64 bits per heavy atom. The van der Waals surface area contributed by atoms with Gasteiger partial charge in [0.2, 0.25) is 0 Å². The summed E-state index contributed by atoms with van der Waals surface area (Å²) in [4.78, 5) is 23.9. The van der Waals surface area contributed by atoms with Gasteiger partial charge in [-0.1, -0.05) is 36.4 Å². The Morgan fingerprint density at radius 3 is 2.33 bits per heavy atom. The van der Waals surface area contributed by atoms with E-state index >= 15 is 0 Å². The number of aromatic nitrogens is 1. The van der Waals surface area contributed by atoms with Crippen molar-refractivity contribution in [3.05, 3.63) is 70.4 Å². The molecule has 0 saturated carbocycles. The molecule has 0 spiro atoms. The van der Waals surface area contributed by atoms with E-state index in [0.717, 1.165) is 74.3 Å². The highest BCUT2D eigenvalue weighted by Gasteiger charge is 2.28. The number of amides is 1. The number of hydrogen-bond acceptors (Lipinski definition) is 4. The molecule has 0 radical (unpaired) electrons. The van der Waals surface area contributed by atoms with Gasteiger partial charge in [0, 0.05) is 62.2 Å². The topological polar surface area (TPSA) is 66.4 Å². The van der Waals surface area contributed by atoms with Crippen molar-refractivity contribution >= 4 is 16.8 Å². The predicted molar refractivity (Wildman–Crippen MR) is 144 cm³/mol. The third-order valence-electron chi connectivity index (χ3n) is 8.15. The molecule has 2 saturated heterocycles. The number of carbonyl (C=O) groups excluding carboxylic acids is 1. The average molecular weight is 484 g/mol. The van der Waals surface area contributed by atoms with Crippen LogP contribution in [0.15, 0.2) is 42.5 Å². The van der Waals surface area contributed by atoms with Crippen LogP contribution in [0.5, 0.6) is 0 Å². The van der Waals surface area contributed by atoms with Gasteiger partial charge in [0.15, 0.2) is 0 Å². The zero-order chi connectivity index (χ0) is 25.1. The quantitative estimate of drug-likeness (QED) is 0.545. The highest BCUT2D eigenvalue weighted by molar-refractivity contribution is 6.01. The van der Waals surface area contributed by atoms with E-state index in [9.17, 15) is 4.79 Å². The van der Waals surface area contributed by atoms with Crippen LogP contribution in [0.1, 0.15) is 57.9 Å². The Labute approximate surface area is 214 Å². The van der Waals surface area contributed by atoms with E-state index in [-0.39, 0.29) is 5.91 Å². The highest BCUT2D eigenvalue weighted by Crippen LogP contribution is 2.34. The number of nitrogens with one attached hydrogen (secondary N) is 1. The number of rotatable bonds is 6. The third kappa shape index (κ3) is 5.04. The van der Waals surface area contributed by atoms with Gasteiger partial charge in [-0.05, 0) is 68.5 Å². The van der Waals surface area contributed by atoms with Crippen LogP contribution >= 0.6 is 0 Å². The molecule has 1 amide bonds. The molecule has 6 heteroatoms. The minimum absolute atomic E-state index is 0.103. The predicted octanol–water partition coefficient (Wildman–Crippen LogP) is 4.84. The van der Waals surface area contributed by atoms with Crippen molar-refractivity contribution in [2.24, 2.45) is 0 Å². The summed E-state index contributed by atoms with van der Waals surface area (Å²) >= 11 is 0. The first-order valence-electron chi connectivity index (χ1n) is 13.3. The molecule has 2 aliphatic heterocycles. The van der Waals surface area contributed by atoms with Crippen molar-refractivity contribution in [1.29, 1.82) is 5.26 Å². The summed E-state index contributed by atoms with van der Waals surface area (Å²) < 4.78 is 0. The van der Waals surface area contributed by atoms with Gasteiger partial charge in [-0.25, -0.2) is 0 Å². The monoisotopic (exact) mass is 483 g/mol. The molecular formula is C30H37N5O. The fraction of sp³-hybridized carbons (Fsp3) is 0.467. The zero-order valence-corrected chi connectivity index (χ0v) is 21.6. The van der Waals surface area contributed by atoms with Crippen LogP contribution in [0.2, 0.25) is 0 Å². The van der Waals surface area contributed by atoms with E-state index in [1.165, 1.54) is 16.7 Å². The van der Waals surface area contributed by atoms with Crippen molar-refractivity contribution in [2.75, 3.05) is 45.8 Å². The molecular weight excluding hydrogens is 446 g/mol. The number of nitrogens with zero attached hydrogens (tertiary/aromatic N) is 4. The minimum atomic E-state index is 0.103. The number of H-pyrrole nitrogens is 1. The van der Waals surface area contributed by atoms with E-state index < -0.39 is 0 Å². The lowest BCUT2D eigenvalue weighted by Crippen LogP contribution is -2.49. The molecule has 6 nitrogen and oxygen atoms in total. The Balaban J connectivity index is 1.30. The number of fused-ring (bicyclic) bond motifs is 1. The second kappa shape index (κ2) is 10.9. The van der Waals surface area contributed by atoms with Crippen LogP contribution in [-0.4, -0.2) is 71.4 Å². The number of likely N-dealkylation sites (tertiary alicyclic amines) is 1. The second-order valence-corrected chi connectivity index (χ2v) is 10.4. The maximum absolute atomic E-state index is 13.7. The molecule has 2 aromatic carbocycles. The summed E-state index contributed by atoms with van der Waals surface area (Å²) in [6, 6.07) is 17.2. The van der Waals surface area contributed by atoms with E-state index in [4.69, 9.17) is 5.26 Å². The molecule has 0 bridgehead atoms. The number of piperazine rings is 1. The molecule has 0 unspecified atom stereocenters. The summed E-state index contributed by atoms with van der Waals surface area (Å²) in [5.41, 5.74) is 7.27. The Morgan fingerprint density at radius 1 is 0.944 bits per heavy atom. The molecule has 3 heterocycles. The van der Waals surface area contributed by atoms with E-state index in [0.29, 0.717) is 25.4 Å². The van der Waals surface area contributed by atoms with Gasteiger partial charge in [-0.3, -0.25) is 14.6 Å². The van der Waals surface area contributed by atoms with Crippen LogP contribution in [0.25, 0.3) is 10.9 Å². The third-order valence-corrected chi connectivity index (χ3v) is 8.15. The zero-order valence-electron chi connectivity index (χ0n) is 21.6. The van der Waals surface area contributed by atoms with Crippen LogP contribution in [0, 0.1) is 25.2 Å². The smallest absolute Gasteiger partial charge is 0.270 e. The van der Waals surface area contributed by atoms with Gasteiger partial charge in [0.1, 0.15) is 5.69 Å². The Hall–Kier alpha value is -3.14. The summed E-state index contributed by atoms with van der Waals surface area (Å²) in [7, 11) is 0. The van der Waals surface area contributed by atoms with E-state index in [1.54, 1.807) is 0 Å². The molecule has 2 aliphatic rings. The number of hydrogen-bond donors (Lipinski definition) is 1. The lowest BCUT2D eigenvalue weighted by molar-refractivity contribution is 0.0632. The van der Waals surface area contributed by atoms with Gasteiger partial charge >= 0.3 is 0 Å². The normalized spacial score (nSPS) is 18.0. The molecule has 1 N–H and O–H groups in total. The van der Waals surface area contributed by atoms with Crippen LogP contribution in [-0.2, 0) is 6.54 Å². The number of benzene rings is 2. The van der Waals surface area contributed by atoms with Crippen LogP contribution in [0.4, 0.5) is 0 Å². The lowest BCUT2D eigenvalue weighted by Gasteiger charge is -2.35. The van der Waals surface area contributed by atoms with Crippen LogP contribution in [0.3, 0.4) is 0 Å². The fourth-order valence-electron chi connectivity index (χ4n) is 6.16. The minimum Gasteiger partial charge on any atom is -0.350 e. The maximum atomic E-state index is 13.7. The standard InChI is InChI=1S/C30H37N5O/c1-22-7-5-8-23(2)28(22)24-11-15-34(16-12-24)21-26-25-9-3-4-10-27(25)32-29(26)30(36)35-19-17-33(18-20-35)14-6-13-31/h3-5,7-10,24,32H,6,11-12,14-21H2,1-2H3.